The standard InChI is InChI=1S/C23H27N3O2/c1-3-13-24-21(27)17-9-10-20-19(16-17)23(22(28)25(20)2)11-14-26(15-12-23)18-7-5-4-6-8-18/h4-10,16H,3,11-15H2,1-2H3,(H,24,27). The molecular weight excluding hydrogens is 350 g/mol. The molecule has 5 heteroatoms. The van der Waals surface area contributed by atoms with E-state index in [9.17, 15) is 9.59 Å². The van der Waals surface area contributed by atoms with Crippen molar-refractivity contribution in [2.75, 3.05) is 36.5 Å². The molecule has 0 bridgehead atoms. The second-order valence-electron chi connectivity index (χ2n) is 7.76. The largest absolute Gasteiger partial charge is 0.371 e. The van der Waals surface area contributed by atoms with Gasteiger partial charge in [0.05, 0.1) is 5.41 Å². The summed E-state index contributed by atoms with van der Waals surface area (Å²) in [5.74, 6) is 0.0878. The first-order valence-electron chi connectivity index (χ1n) is 10.1. The lowest BCUT2D eigenvalue weighted by Gasteiger charge is -2.39. The summed E-state index contributed by atoms with van der Waals surface area (Å²) in [6.07, 6.45) is 2.42. The van der Waals surface area contributed by atoms with E-state index in [1.54, 1.807) is 4.90 Å². The molecule has 146 valence electrons. The molecule has 2 aliphatic rings. The lowest BCUT2D eigenvalue weighted by atomic mass is 9.73. The number of nitrogens with zero attached hydrogens (tertiary/aromatic N) is 2. The van der Waals surface area contributed by atoms with Crippen LogP contribution < -0.4 is 15.1 Å². The van der Waals surface area contributed by atoms with E-state index in [0.29, 0.717) is 12.1 Å². The summed E-state index contributed by atoms with van der Waals surface area (Å²) in [5, 5.41) is 2.94. The van der Waals surface area contributed by atoms with Crippen LogP contribution in [0, 0.1) is 0 Å². The Bertz CT molecular complexity index is 886. The van der Waals surface area contributed by atoms with Crippen molar-refractivity contribution in [1.29, 1.82) is 0 Å². The Morgan fingerprint density at radius 2 is 1.82 bits per heavy atom. The van der Waals surface area contributed by atoms with Gasteiger partial charge in [0.1, 0.15) is 0 Å². The molecule has 0 radical (unpaired) electrons. The Hall–Kier alpha value is -2.82. The van der Waals surface area contributed by atoms with Gasteiger partial charge in [-0.3, -0.25) is 9.59 Å². The van der Waals surface area contributed by atoms with E-state index in [2.05, 4.69) is 22.3 Å². The summed E-state index contributed by atoms with van der Waals surface area (Å²) in [4.78, 5) is 29.8. The number of anilines is 2. The highest BCUT2D eigenvalue weighted by molar-refractivity contribution is 6.09. The van der Waals surface area contributed by atoms with Crippen molar-refractivity contribution < 1.29 is 9.59 Å². The van der Waals surface area contributed by atoms with E-state index in [0.717, 1.165) is 43.6 Å². The smallest absolute Gasteiger partial charge is 0.251 e. The number of rotatable bonds is 4. The van der Waals surface area contributed by atoms with E-state index in [1.165, 1.54) is 5.69 Å². The van der Waals surface area contributed by atoms with E-state index >= 15 is 0 Å². The first-order chi connectivity index (χ1) is 13.6. The van der Waals surface area contributed by atoms with E-state index < -0.39 is 5.41 Å². The fourth-order valence-corrected chi connectivity index (χ4v) is 4.51. The Kier molecular flexibility index (Phi) is 4.84. The van der Waals surface area contributed by atoms with Gasteiger partial charge in [-0.25, -0.2) is 0 Å². The third kappa shape index (κ3) is 2.95. The summed E-state index contributed by atoms with van der Waals surface area (Å²) in [6, 6.07) is 16.0. The van der Waals surface area contributed by atoms with Gasteiger partial charge in [0, 0.05) is 43.6 Å². The highest BCUT2D eigenvalue weighted by Gasteiger charge is 2.51. The minimum Gasteiger partial charge on any atom is -0.371 e. The number of nitrogens with one attached hydrogen (secondary N) is 1. The summed E-state index contributed by atoms with van der Waals surface area (Å²) in [6.45, 7) is 4.35. The van der Waals surface area contributed by atoms with Crippen LogP contribution in [-0.4, -0.2) is 38.5 Å². The molecule has 1 spiro atoms. The predicted octanol–water partition coefficient (Wildman–Crippen LogP) is 3.34. The molecule has 2 aliphatic heterocycles. The average Bonchev–Trinajstić information content (AvgIpc) is 2.95. The van der Waals surface area contributed by atoms with Gasteiger partial charge in [0.25, 0.3) is 5.91 Å². The van der Waals surface area contributed by atoms with Crippen LogP contribution in [0.3, 0.4) is 0 Å². The van der Waals surface area contributed by atoms with Crippen LogP contribution in [0.2, 0.25) is 0 Å². The van der Waals surface area contributed by atoms with Crippen LogP contribution in [0.5, 0.6) is 0 Å². The zero-order chi connectivity index (χ0) is 19.7. The number of hydrogen-bond donors (Lipinski definition) is 1. The molecule has 4 rings (SSSR count). The minimum absolute atomic E-state index is 0.0662. The van der Waals surface area contributed by atoms with Crippen molar-refractivity contribution in [2.45, 2.75) is 31.6 Å². The number of carbonyl (C=O) groups is 2. The molecule has 1 saturated heterocycles. The Morgan fingerprint density at radius 1 is 1.11 bits per heavy atom. The summed E-state index contributed by atoms with van der Waals surface area (Å²) in [7, 11) is 1.84. The third-order valence-electron chi connectivity index (χ3n) is 6.12. The first-order valence-corrected chi connectivity index (χ1v) is 10.1. The summed E-state index contributed by atoms with van der Waals surface area (Å²) >= 11 is 0. The normalized spacial score (nSPS) is 17.7. The van der Waals surface area contributed by atoms with Crippen LogP contribution in [0.15, 0.2) is 48.5 Å². The first kappa shape index (κ1) is 18.5. The zero-order valence-electron chi connectivity index (χ0n) is 16.6. The number of piperidine rings is 1. The predicted molar refractivity (Wildman–Crippen MR) is 112 cm³/mol. The molecule has 2 amide bonds. The van der Waals surface area contributed by atoms with Gasteiger partial charge in [-0.1, -0.05) is 25.1 Å². The van der Waals surface area contributed by atoms with E-state index in [1.807, 2.05) is 50.4 Å². The van der Waals surface area contributed by atoms with Gasteiger partial charge in [-0.15, -0.1) is 0 Å². The molecule has 5 nitrogen and oxygen atoms in total. The van der Waals surface area contributed by atoms with Crippen LogP contribution in [-0.2, 0) is 10.2 Å². The number of para-hydroxylation sites is 1. The van der Waals surface area contributed by atoms with Crippen molar-refractivity contribution in [3.63, 3.8) is 0 Å². The molecule has 2 heterocycles. The average molecular weight is 377 g/mol. The fourth-order valence-electron chi connectivity index (χ4n) is 4.51. The number of amides is 2. The van der Waals surface area contributed by atoms with Gasteiger partial charge in [0.15, 0.2) is 0 Å². The number of likely N-dealkylation sites (N-methyl/N-ethyl adjacent to an activating group) is 1. The van der Waals surface area contributed by atoms with Crippen molar-refractivity contribution in [2.24, 2.45) is 0 Å². The molecule has 0 aromatic heterocycles. The molecule has 2 aromatic carbocycles. The maximum Gasteiger partial charge on any atom is 0.251 e. The van der Waals surface area contributed by atoms with Crippen molar-refractivity contribution in [3.05, 3.63) is 59.7 Å². The monoisotopic (exact) mass is 377 g/mol. The maximum absolute atomic E-state index is 13.2. The lowest BCUT2D eigenvalue weighted by Crippen LogP contribution is -2.48. The van der Waals surface area contributed by atoms with Gasteiger partial charge in [0.2, 0.25) is 5.91 Å². The molecule has 2 aromatic rings. The van der Waals surface area contributed by atoms with Crippen LogP contribution in [0.25, 0.3) is 0 Å². The van der Waals surface area contributed by atoms with Crippen molar-refractivity contribution >= 4 is 23.2 Å². The molecule has 1 fully saturated rings. The van der Waals surface area contributed by atoms with E-state index in [-0.39, 0.29) is 11.8 Å². The fraction of sp³-hybridized carbons (Fsp3) is 0.391. The number of hydrogen-bond acceptors (Lipinski definition) is 3. The van der Waals surface area contributed by atoms with Crippen LogP contribution in [0.4, 0.5) is 11.4 Å². The van der Waals surface area contributed by atoms with E-state index in [4.69, 9.17) is 0 Å². The Labute approximate surface area is 166 Å². The Balaban J connectivity index is 1.63. The molecule has 0 aliphatic carbocycles. The van der Waals surface area contributed by atoms with Crippen molar-refractivity contribution in [1.82, 2.24) is 5.32 Å². The third-order valence-corrected chi connectivity index (χ3v) is 6.12. The number of benzene rings is 2. The Morgan fingerprint density at radius 3 is 2.50 bits per heavy atom. The van der Waals surface area contributed by atoms with Gasteiger partial charge in [-0.05, 0) is 55.2 Å². The summed E-state index contributed by atoms with van der Waals surface area (Å²) in [5.41, 5.74) is 3.27. The lowest BCUT2D eigenvalue weighted by molar-refractivity contribution is -0.123. The highest BCUT2D eigenvalue weighted by Crippen LogP contribution is 2.48. The van der Waals surface area contributed by atoms with Gasteiger partial charge < -0.3 is 15.1 Å². The number of fused-ring (bicyclic) bond motifs is 2. The molecular formula is C23H27N3O2. The molecule has 28 heavy (non-hydrogen) atoms. The van der Waals surface area contributed by atoms with Gasteiger partial charge >= 0.3 is 0 Å². The zero-order valence-corrected chi connectivity index (χ0v) is 16.6. The van der Waals surface area contributed by atoms with Crippen LogP contribution >= 0.6 is 0 Å². The quantitative estimate of drug-likeness (QED) is 0.889. The van der Waals surface area contributed by atoms with Crippen molar-refractivity contribution in [3.8, 4) is 0 Å². The minimum atomic E-state index is -0.517. The summed E-state index contributed by atoms with van der Waals surface area (Å²) < 4.78 is 0. The maximum atomic E-state index is 13.2. The molecule has 0 saturated carbocycles. The molecule has 0 atom stereocenters. The van der Waals surface area contributed by atoms with Gasteiger partial charge in [-0.2, -0.15) is 0 Å². The highest BCUT2D eigenvalue weighted by atomic mass is 16.2. The second kappa shape index (κ2) is 7.30. The molecule has 1 N–H and O–H groups in total. The SMILES string of the molecule is CCCNC(=O)c1ccc2c(c1)C1(CCN(c3ccccc3)CC1)C(=O)N2C. The van der Waals surface area contributed by atoms with Crippen LogP contribution in [0.1, 0.15) is 42.1 Å². The molecule has 0 unspecified atom stereocenters. The second-order valence-corrected chi connectivity index (χ2v) is 7.76. The number of carbonyl (C=O) groups excluding carboxylic acids is 2. The topological polar surface area (TPSA) is 52.7 Å².